The number of thiophene rings is 1. The van der Waals surface area contributed by atoms with Crippen molar-refractivity contribution in [1.29, 1.82) is 0 Å². The Hall–Kier alpha value is -2.39. The number of hydrogen-bond acceptors (Lipinski definition) is 7. The van der Waals surface area contributed by atoms with Crippen LogP contribution in [0.1, 0.15) is 54.8 Å². The molecule has 6 nitrogen and oxygen atoms in total. The highest BCUT2D eigenvalue weighted by Crippen LogP contribution is 2.48. The lowest BCUT2D eigenvalue weighted by Gasteiger charge is -2.45. The first-order valence-electron chi connectivity index (χ1n) is 12.5. The summed E-state index contributed by atoms with van der Waals surface area (Å²) in [6.07, 6.45) is 4.05. The van der Waals surface area contributed by atoms with Gasteiger partial charge in [0.25, 0.3) is 0 Å². The largest absolute Gasteiger partial charge is 0.477 e. The van der Waals surface area contributed by atoms with Gasteiger partial charge in [0.05, 0.1) is 12.3 Å². The van der Waals surface area contributed by atoms with Gasteiger partial charge < -0.3 is 9.84 Å². The Morgan fingerprint density at radius 3 is 2.54 bits per heavy atom. The minimum Gasteiger partial charge on any atom is -0.477 e. The van der Waals surface area contributed by atoms with Crippen molar-refractivity contribution in [3.05, 3.63) is 81.1 Å². The maximum absolute atomic E-state index is 13.7. The van der Waals surface area contributed by atoms with E-state index in [0.29, 0.717) is 40.6 Å². The Morgan fingerprint density at radius 1 is 1.08 bits per heavy atom. The second-order valence-electron chi connectivity index (χ2n) is 9.86. The highest BCUT2D eigenvalue weighted by atomic mass is 35.5. The standard InChI is InChI=1S/C28H29ClN2O4S2/c29-22-5-2-1-4-21(22)26-23(33)14-28(31(36)27(26)34,20-12-13-37-17-20)24-6-3-7-25(30-24)35-16-19-10-8-18(15-32)9-11-19/h1-7,12-13,17-19,26,32,36H,8-11,14-16H2. The van der Waals surface area contributed by atoms with E-state index in [1.807, 2.05) is 29.0 Å². The van der Waals surface area contributed by atoms with Gasteiger partial charge in [-0.25, -0.2) is 4.98 Å². The quantitative estimate of drug-likeness (QED) is 0.290. The molecule has 1 aliphatic heterocycles. The predicted molar refractivity (Wildman–Crippen MR) is 147 cm³/mol. The molecule has 2 fully saturated rings. The first-order valence-corrected chi connectivity index (χ1v) is 14.2. The van der Waals surface area contributed by atoms with Gasteiger partial charge in [0, 0.05) is 24.1 Å². The zero-order valence-corrected chi connectivity index (χ0v) is 22.7. The number of carbonyl (C=O) groups is 2. The van der Waals surface area contributed by atoms with Gasteiger partial charge in [-0.1, -0.05) is 48.7 Å². The lowest BCUT2D eigenvalue weighted by Crippen LogP contribution is -2.54. The molecule has 2 unspecified atom stereocenters. The van der Waals surface area contributed by atoms with Crippen LogP contribution in [-0.4, -0.2) is 39.3 Å². The Labute approximate surface area is 231 Å². The predicted octanol–water partition coefficient (Wildman–Crippen LogP) is 5.65. The van der Waals surface area contributed by atoms with E-state index in [1.165, 1.54) is 15.6 Å². The van der Waals surface area contributed by atoms with Crippen LogP contribution in [0.4, 0.5) is 0 Å². The van der Waals surface area contributed by atoms with E-state index in [1.54, 1.807) is 30.3 Å². The van der Waals surface area contributed by atoms with Gasteiger partial charge in [0.2, 0.25) is 11.8 Å². The van der Waals surface area contributed by atoms with Crippen molar-refractivity contribution >= 4 is 47.4 Å². The summed E-state index contributed by atoms with van der Waals surface area (Å²) in [7, 11) is 0. The van der Waals surface area contributed by atoms with Gasteiger partial charge in [-0.15, -0.1) is 0 Å². The van der Waals surface area contributed by atoms with Crippen LogP contribution in [0, 0.1) is 11.8 Å². The molecule has 2 atom stereocenters. The maximum atomic E-state index is 13.7. The monoisotopic (exact) mass is 556 g/mol. The molecule has 0 spiro atoms. The van der Waals surface area contributed by atoms with Gasteiger partial charge in [0.1, 0.15) is 11.5 Å². The number of thiol groups is 1. The first-order chi connectivity index (χ1) is 17.9. The fourth-order valence-corrected chi connectivity index (χ4v) is 6.85. The topological polar surface area (TPSA) is 79.7 Å². The van der Waals surface area contributed by atoms with Crippen molar-refractivity contribution in [1.82, 2.24) is 9.29 Å². The van der Waals surface area contributed by atoms with Crippen molar-refractivity contribution in [3.8, 4) is 5.88 Å². The highest BCUT2D eigenvalue weighted by molar-refractivity contribution is 7.78. The normalized spacial score (nSPS) is 26.4. The summed E-state index contributed by atoms with van der Waals surface area (Å²) in [5.74, 6) is -0.441. The Bertz CT molecular complexity index is 1260. The van der Waals surface area contributed by atoms with E-state index in [-0.39, 0.29) is 18.8 Å². The Kier molecular flexibility index (Phi) is 7.91. The van der Waals surface area contributed by atoms with E-state index in [0.717, 1.165) is 31.2 Å². The molecule has 0 bridgehead atoms. The van der Waals surface area contributed by atoms with Crippen molar-refractivity contribution in [2.75, 3.05) is 13.2 Å². The molecule has 5 rings (SSSR count). The molecule has 3 heterocycles. The minimum absolute atomic E-state index is 0.0104. The molecule has 1 amide bonds. The van der Waals surface area contributed by atoms with Crippen LogP contribution in [0.3, 0.4) is 0 Å². The van der Waals surface area contributed by atoms with Crippen LogP contribution in [0.2, 0.25) is 5.02 Å². The third kappa shape index (κ3) is 5.04. The number of pyridine rings is 1. The Morgan fingerprint density at radius 2 is 1.84 bits per heavy atom. The summed E-state index contributed by atoms with van der Waals surface area (Å²) < 4.78 is 7.46. The molecular formula is C28H29ClN2O4S2. The molecule has 9 heteroatoms. The number of hydrogen-bond donors (Lipinski definition) is 2. The SMILES string of the molecule is O=C1CC(c2ccsc2)(c2cccc(OCC3CCC(CO)CC3)n2)N(S)C(=O)C1c1ccccc1Cl. The number of aliphatic hydroxyl groups is 1. The number of benzene rings is 1. The number of aliphatic hydroxyl groups excluding tert-OH is 1. The van der Waals surface area contributed by atoms with Crippen molar-refractivity contribution in [3.63, 3.8) is 0 Å². The van der Waals surface area contributed by atoms with Gasteiger partial charge >= 0.3 is 0 Å². The van der Waals surface area contributed by atoms with Gasteiger partial charge in [-0.2, -0.15) is 11.3 Å². The molecule has 1 N–H and O–H groups in total. The average molecular weight is 557 g/mol. The number of aromatic nitrogens is 1. The zero-order chi connectivity index (χ0) is 26.0. The lowest BCUT2D eigenvalue weighted by molar-refractivity contribution is -0.142. The number of ether oxygens (including phenoxy) is 1. The molecule has 1 aliphatic carbocycles. The van der Waals surface area contributed by atoms with E-state index in [9.17, 15) is 14.7 Å². The molecule has 194 valence electrons. The minimum atomic E-state index is -1.17. The van der Waals surface area contributed by atoms with Gasteiger partial charge in [-0.3, -0.25) is 13.9 Å². The second-order valence-corrected chi connectivity index (χ2v) is 11.4. The van der Waals surface area contributed by atoms with Gasteiger partial charge in [0.15, 0.2) is 5.78 Å². The van der Waals surface area contributed by atoms with Crippen LogP contribution in [-0.2, 0) is 15.1 Å². The van der Waals surface area contributed by atoms with Crippen molar-refractivity contribution in [2.24, 2.45) is 11.8 Å². The van der Waals surface area contributed by atoms with Gasteiger partial charge in [-0.05, 0) is 77.6 Å². The number of nitrogens with zero attached hydrogens (tertiary/aromatic N) is 2. The fraction of sp³-hybridized carbons (Fsp3) is 0.393. The van der Waals surface area contributed by atoms with Crippen molar-refractivity contribution < 1.29 is 19.4 Å². The molecule has 2 aliphatic rings. The molecule has 2 aromatic heterocycles. The molecule has 3 aromatic rings. The zero-order valence-electron chi connectivity index (χ0n) is 20.3. The van der Waals surface area contributed by atoms with E-state index >= 15 is 0 Å². The number of halogens is 1. The van der Waals surface area contributed by atoms with Crippen LogP contribution in [0.25, 0.3) is 0 Å². The average Bonchev–Trinajstić information content (AvgIpc) is 3.47. The van der Waals surface area contributed by atoms with Crippen LogP contribution in [0.15, 0.2) is 59.3 Å². The molecule has 1 aromatic carbocycles. The molecule has 1 saturated heterocycles. The van der Waals surface area contributed by atoms with Crippen molar-refractivity contribution in [2.45, 2.75) is 43.6 Å². The lowest BCUT2D eigenvalue weighted by atomic mass is 9.75. The smallest absolute Gasteiger partial charge is 0.248 e. The number of carbonyl (C=O) groups excluding carboxylic acids is 2. The highest BCUT2D eigenvalue weighted by Gasteiger charge is 2.53. The summed E-state index contributed by atoms with van der Waals surface area (Å²) in [4.78, 5) is 32.2. The summed E-state index contributed by atoms with van der Waals surface area (Å²) in [6, 6.07) is 14.3. The molecule has 0 radical (unpaired) electrons. The maximum Gasteiger partial charge on any atom is 0.248 e. The fourth-order valence-electron chi connectivity index (χ4n) is 5.47. The summed E-state index contributed by atoms with van der Waals surface area (Å²) in [5.41, 5.74) is 0.617. The second kappa shape index (κ2) is 11.2. The summed E-state index contributed by atoms with van der Waals surface area (Å²) >= 11 is 12.6. The Balaban J connectivity index is 1.44. The summed E-state index contributed by atoms with van der Waals surface area (Å²) in [5, 5.41) is 13.6. The molecular weight excluding hydrogens is 528 g/mol. The third-order valence-corrected chi connectivity index (χ3v) is 9.19. The number of amides is 1. The third-order valence-electron chi connectivity index (χ3n) is 7.62. The van der Waals surface area contributed by atoms with Crippen LogP contribution in [0.5, 0.6) is 5.88 Å². The number of ketones is 1. The van der Waals surface area contributed by atoms with E-state index < -0.39 is 17.4 Å². The summed E-state index contributed by atoms with van der Waals surface area (Å²) in [6.45, 7) is 0.786. The van der Waals surface area contributed by atoms with Crippen LogP contribution >= 0.6 is 35.8 Å². The van der Waals surface area contributed by atoms with Crippen LogP contribution < -0.4 is 4.74 Å². The molecule has 37 heavy (non-hydrogen) atoms. The number of Topliss-reactive ketones (excluding diaryl/α,β-unsaturated/α-hetero) is 1. The number of piperidine rings is 1. The number of rotatable bonds is 7. The molecule has 1 saturated carbocycles. The first kappa shape index (κ1) is 26.2. The van der Waals surface area contributed by atoms with E-state index in [2.05, 4.69) is 0 Å². The van der Waals surface area contributed by atoms with E-state index in [4.69, 9.17) is 34.1 Å².